The number of carbonyl (C=O) groups excluding carboxylic acids is 1. The van der Waals surface area contributed by atoms with E-state index in [1.54, 1.807) is 4.80 Å². The summed E-state index contributed by atoms with van der Waals surface area (Å²) in [6, 6.07) is 9.67. The van der Waals surface area contributed by atoms with Crippen LogP contribution in [0.1, 0.15) is 48.9 Å². The molecule has 7 rings (SSSR count). The third kappa shape index (κ3) is 2.62. The molecule has 4 saturated carbocycles. The second-order valence-electron chi connectivity index (χ2n) is 9.09. The Kier molecular flexibility index (Phi) is 3.48. The fraction of sp³-hybridized carbons (Fsp3) is 0.476. The van der Waals surface area contributed by atoms with Gasteiger partial charge in [-0.1, -0.05) is 35.5 Å². The number of rotatable bonds is 4. The first-order valence-electron chi connectivity index (χ1n) is 10.2. The number of carbonyl (C=O) groups is 1. The quantitative estimate of drug-likeness (QED) is 0.735. The van der Waals surface area contributed by atoms with Crippen LogP contribution in [0.2, 0.25) is 0 Å². The number of amides is 1. The minimum Gasteiger partial charge on any atom is -0.363 e. The van der Waals surface area contributed by atoms with Crippen molar-refractivity contribution in [1.82, 2.24) is 30.7 Å². The summed E-state index contributed by atoms with van der Waals surface area (Å²) in [4.78, 5) is 15.1. The summed E-state index contributed by atoms with van der Waals surface area (Å²) in [5.41, 5.74) is 1.57. The van der Waals surface area contributed by atoms with Gasteiger partial charge in [0, 0.05) is 11.1 Å². The topological polar surface area (TPSA) is 98.7 Å². The van der Waals surface area contributed by atoms with Crippen molar-refractivity contribution in [2.24, 2.45) is 11.8 Å². The van der Waals surface area contributed by atoms with Gasteiger partial charge in [-0.3, -0.25) is 4.79 Å². The Balaban J connectivity index is 1.32. The van der Waals surface area contributed by atoms with E-state index in [-0.39, 0.29) is 17.0 Å². The van der Waals surface area contributed by atoms with E-state index in [0.717, 1.165) is 37.7 Å². The van der Waals surface area contributed by atoms with Crippen molar-refractivity contribution in [1.29, 1.82) is 0 Å². The van der Waals surface area contributed by atoms with Crippen LogP contribution in [0, 0.1) is 11.8 Å². The largest absolute Gasteiger partial charge is 0.363 e. The molecule has 2 aromatic heterocycles. The minimum absolute atomic E-state index is 0.117. The van der Waals surface area contributed by atoms with Crippen molar-refractivity contribution in [3.05, 3.63) is 48.5 Å². The number of tetrazole rings is 1. The van der Waals surface area contributed by atoms with Crippen LogP contribution in [0.25, 0.3) is 11.3 Å². The fourth-order valence-corrected chi connectivity index (χ4v) is 6.49. The first-order valence-corrected chi connectivity index (χ1v) is 10.2. The summed E-state index contributed by atoms with van der Waals surface area (Å²) in [6.45, 7) is 0. The monoisotopic (exact) mass is 390 g/mol. The van der Waals surface area contributed by atoms with Crippen LogP contribution in [0.4, 0.5) is 0 Å². The molecular formula is C21H22N6O2. The van der Waals surface area contributed by atoms with Crippen molar-refractivity contribution >= 4 is 5.91 Å². The molecule has 8 nitrogen and oxygen atoms in total. The van der Waals surface area contributed by atoms with E-state index >= 15 is 0 Å². The van der Waals surface area contributed by atoms with Gasteiger partial charge in [0.1, 0.15) is 17.5 Å². The maximum Gasteiger partial charge on any atom is 0.257 e. The van der Waals surface area contributed by atoms with Gasteiger partial charge in [0.15, 0.2) is 6.33 Å². The van der Waals surface area contributed by atoms with Crippen molar-refractivity contribution < 1.29 is 9.32 Å². The van der Waals surface area contributed by atoms with Gasteiger partial charge in [0.25, 0.3) is 5.91 Å². The van der Waals surface area contributed by atoms with Gasteiger partial charge in [0.05, 0.1) is 5.54 Å². The molecule has 148 valence electrons. The average molecular weight is 390 g/mol. The number of nitrogens with one attached hydrogen (secondary N) is 1. The van der Waals surface area contributed by atoms with Crippen LogP contribution in [-0.2, 0) is 5.54 Å². The molecule has 2 heterocycles. The smallest absolute Gasteiger partial charge is 0.257 e. The standard InChI is InChI=1S/C21H22N6O2/c28-19(17-11-29-25-18(17)16-4-2-1-3-5-16)24-20-7-14-6-15(8-20)10-21(9-14,12-20)27-23-13-22-26-27/h1-5,11,13-15H,6-10,12H2,(H,24,28). The normalized spacial score (nSPS) is 32.4. The lowest BCUT2D eigenvalue weighted by Crippen LogP contribution is -2.66. The van der Waals surface area contributed by atoms with Gasteiger partial charge in [0.2, 0.25) is 0 Å². The zero-order chi connectivity index (χ0) is 19.5. The van der Waals surface area contributed by atoms with E-state index < -0.39 is 0 Å². The summed E-state index contributed by atoms with van der Waals surface area (Å²) in [7, 11) is 0. The molecule has 4 aliphatic rings. The van der Waals surface area contributed by atoms with Gasteiger partial charge in [-0.05, 0) is 55.6 Å². The van der Waals surface area contributed by atoms with Gasteiger partial charge in [-0.15, -0.1) is 10.2 Å². The highest BCUT2D eigenvalue weighted by atomic mass is 16.5. The molecule has 2 unspecified atom stereocenters. The molecule has 4 fully saturated rings. The summed E-state index contributed by atoms with van der Waals surface area (Å²) < 4.78 is 5.18. The van der Waals surface area contributed by atoms with E-state index in [1.807, 2.05) is 30.3 Å². The number of hydrogen-bond donors (Lipinski definition) is 1. The van der Waals surface area contributed by atoms with E-state index in [4.69, 9.17) is 4.52 Å². The van der Waals surface area contributed by atoms with Crippen LogP contribution < -0.4 is 5.32 Å². The highest BCUT2D eigenvalue weighted by Gasteiger charge is 2.60. The molecule has 1 aromatic carbocycles. The Morgan fingerprint density at radius 1 is 1.14 bits per heavy atom. The summed E-state index contributed by atoms with van der Waals surface area (Å²) in [6.07, 6.45) is 9.20. The maximum atomic E-state index is 13.3. The van der Waals surface area contributed by atoms with E-state index in [2.05, 4.69) is 25.9 Å². The van der Waals surface area contributed by atoms with Crippen molar-refractivity contribution in [3.8, 4) is 11.3 Å². The average Bonchev–Trinajstić information content (AvgIpc) is 3.40. The molecule has 1 N–H and O–H groups in total. The number of benzene rings is 1. The maximum absolute atomic E-state index is 13.3. The molecule has 0 saturated heterocycles. The summed E-state index contributed by atoms with van der Waals surface area (Å²) in [5.74, 6) is 1.05. The molecule has 0 spiro atoms. The molecule has 3 aromatic rings. The van der Waals surface area contributed by atoms with Crippen LogP contribution in [-0.4, -0.2) is 36.8 Å². The lowest BCUT2D eigenvalue weighted by atomic mass is 9.50. The van der Waals surface area contributed by atoms with Gasteiger partial charge in [-0.25, -0.2) is 0 Å². The highest BCUT2D eigenvalue weighted by Crippen LogP contribution is 2.60. The SMILES string of the molecule is O=C(NC12CC3CC(C1)CC(n1ncnn1)(C3)C2)c1conc1-c1ccccc1. The highest BCUT2D eigenvalue weighted by molar-refractivity contribution is 6.00. The minimum atomic E-state index is -0.236. The Hall–Kier alpha value is -3.03. The van der Waals surface area contributed by atoms with E-state index in [1.165, 1.54) is 19.0 Å². The molecule has 8 heteroatoms. The van der Waals surface area contributed by atoms with Crippen LogP contribution in [0.15, 0.2) is 47.4 Å². The molecule has 1 amide bonds. The molecule has 0 radical (unpaired) electrons. The van der Waals surface area contributed by atoms with E-state index in [9.17, 15) is 4.79 Å². The van der Waals surface area contributed by atoms with E-state index in [0.29, 0.717) is 23.1 Å². The Morgan fingerprint density at radius 3 is 2.66 bits per heavy atom. The third-order valence-corrected chi connectivity index (χ3v) is 7.04. The molecule has 4 aliphatic carbocycles. The van der Waals surface area contributed by atoms with Gasteiger partial charge in [-0.2, -0.15) is 4.80 Å². The summed E-state index contributed by atoms with van der Waals surface area (Å²) in [5, 5.41) is 20.0. The first-order chi connectivity index (χ1) is 14.1. The molecule has 29 heavy (non-hydrogen) atoms. The number of hydrogen-bond acceptors (Lipinski definition) is 6. The Labute approximate surface area is 167 Å². The van der Waals surface area contributed by atoms with Crippen molar-refractivity contribution in [2.75, 3.05) is 0 Å². The lowest BCUT2D eigenvalue weighted by Gasteiger charge is -2.61. The summed E-state index contributed by atoms with van der Waals surface area (Å²) >= 11 is 0. The third-order valence-electron chi connectivity index (χ3n) is 7.04. The van der Waals surface area contributed by atoms with Crippen LogP contribution in [0.3, 0.4) is 0 Å². The molecular weight excluding hydrogens is 368 g/mol. The van der Waals surface area contributed by atoms with Crippen molar-refractivity contribution in [2.45, 2.75) is 49.6 Å². The predicted molar refractivity (Wildman–Crippen MR) is 103 cm³/mol. The van der Waals surface area contributed by atoms with Gasteiger partial charge < -0.3 is 9.84 Å². The zero-order valence-corrected chi connectivity index (χ0v) is 16.0. The molecule has 2 atom stereocenters. The van der Waals surface area contributed by atoms with Crippen molar-refractivity contribution in [3.63, 3.8) is 0 Å². The molecule has 0 aliphatic heterocycles. The zero-order valence-electron chi connectivity index (χ0n) is 16.0. The second kappa shape index (κ2) is 5.98. The fourth-order valence-electron chi connectivity index (χ4n) is 6.49. The molecule has 4 bridgehead atoms. The van der Waals surface area contributed by atoms with Crippen LogP contribution in [0.5, 0.6) is 0 Å². The first kappa shape index (κ1) is 16.9. The van der Waals surface area contributed by atoms with Gasteiger partial charge >= 0.3 is 0 Å². The number of nitrogens with zero attached hydrogens (tertiary/aromatic N) is 5. The predicted octanol–water partition coefficient (Wildman–Crippen LogP) is 2.81. The Bertz CT molecular complexity index is 1030. The van der Waals surface area contributed by atoms with Crippen LogP contribution >= 0.6 is 0 Å². The second-order valence-corrected chi connectivity index (χ2v) is 9.09. The lowest BCUT2D eigenvalue weighted by molar-refractivity contribution is -0.0810. The Morgan fingerprint density at radius 2 is 1.93 bits per heavy atom. The number of aromatic nitrogens is 5.